The molecule has 4 heteroatoms. The van der Waals surface area contributed by atoms with Gasteiger partial charge >= 0.3 is 0 Å². The Bertz CT molecular complexity index is 411. The standard InChI is InChI=1S/C16H30N4/c1-13(2)17-11-16-6-9-19(12-16)7-5-8-20-15(4)10-14(3)18-20/h10,13,16-17H,5-9,11-12H2,1-4H3. The highest BCUT2D eigenvalue weighted by atomic mass is 15.3. The van der Waals surface area contributed by atoms with Gasteiger partial charge < -0.3 is 10.2 Å². The summed E-state index contributed by atoms with van der Waals surface area (Å²) in [4.78, 5) is 2.61. The van der Waals surface area contributed by atoms with E-state index in [0.717, 1.165) is 18.2 Å². The Kier molecular flexibility index (Phi) is 5.61. The minimum Gasteiger partial charge on any atom is -0.314 e. The lowest BCUT2D eigenvalue weighted by atomic mass is 10.1. The van der Waals surface area contributed by atoms with Gasteiger partial charge in [0, 0.05) is 24.8 Å². The van der Waals surface area contributed by atoms with E-state index in [1.807, 2.05) is 0 Å². The van der Waals surface area contributed by atoms with Crippen LogP contribution in [0.3, 0.4) is 0 Å². The fourth-order valence-corrected chi connectivity index (χ4v) is 3.03. The van der Waals surface area contributed by atoms with Crippen molar-refractivity contribution in [3.8, 4) is 0 Å². The number of hydrogen-bond donors (Lipinski definition) is 1. The van der Waals surface area contributed by atoms with Gasteiger partial charge in [0.2, 0.25) is 0 Å². The molecule has 1 atom stereocenters. The smallest absolute Gasteiger partial charge is 0.0596 e. The van der Waals surface area contributed by atoms with Crippen LogP contribution in [-0.4, -0.2) is 46.9 Å². The average molecular weight is 278 g/mol. The molecule has 0 spiro atoms. The lowest BCUT2D eigenvalue weighted by Crippen LogP contribution is -2.31. The van der Waals surface area contributed by atoms with Crippen LogP contribution in [0.4, 0.5) is 0 Å². The van der Waals surface area contributed by atoms with Crippen LogP contribution < -0.4 is 5.32 Å². The van der Waals surface area contributed by atoms with E-state index in [-0.39, 0.29) is 0 Å². The molecule has 1 aliphatic heterocycles. The summed E-state index contributed by atoms with van der Waals surface area (Å²) in [7, 11) is 0. The second kappa shape index (κ2) is 7.23. The maximum Gasteiger partial charge on any atom is 0.0596 e. The summed E-state index contributed by atoms with van der Waals surface area (Å²) in [6.45, 7) is 14.6. The van der Waals surface area contributed by atoms with Crippen molar-refractivity contribution in [2.45, 2.75) is 53.1 Å². The van der Waals surface area contributed by atoms with E-state index in [9.17, 15) is 0 Å². The van der Waals surface area contributed by atoms with Crippen molar-refractivity contribution in [2.75, 3.05) is 26.2 Å². The molecule has 1 fully saturated rings. The van der Waals surface area contributed by atoms with Gasteiger partial charge in [-0.1, -0.05) is 13.8 Å². The molecule has 2 heterocycles. The van der Waals surface area contributed by atoms with Crippen molar-refractivity contribution in [1.82, 2.24) is 20.0 Å². The number of hydrogen-bond acceptors (Lipinski definition) is 3. The van der Waals surface area contributed by atoms with Gasteiger partial charge in [0.05, 0.1) is 5.69 Å². The first kappa shape index (κ1) is 15.5. The summed E-state index contributed by atoms with van der Waals surface area (Å²) in [5.41, 5.74) is 2.41. The van der Waals surface area contributed by atoms with E-state index in [4.69, 9.17) is 0 Å². The predicted molar refractivity (Wildman–Crippen MR) is 84.0 cm³/mol. The molecule has 4 nitrogen and oxygen atoms in total. The molecule has 0 aromatic carbocycles. The monoisotopic (exact) mass is 278 g/mol. The normalized spacial score (nSPS) is 20.1. The van der Waals surface area contributed by atoms with Gasteiger partial charge in [0.1, 0.15) is 0 Å². The largest absolute Gasteiger partial charge is 0.314 e. The minimum absolute atomic E-state index is 0.607. The van der Waals surface area contributed by atoms with E-state index < -0.39 is 0 Å². The first-order chi connectivity index (χ1) is 9.54. The summed E-state index contributed by atoms with van der Waals surface area (Å²) in [5.74, 6) is 0.839. The third kappa shape index (κ3) is 4.60. The van der Waals surface area contributed by atoms with Crippen LogP contribution in [0.2, 0.25) is 0 Å². The molecule has 1 aliphatic rings. The molecule has 0 aliphatic carbocycles. The Balaban J connectivity index is 1.64. The van der Waals surface area contributed by atoms with Gasteiger partial charge in [-0.05, 0) is 58.3 Å². The van der Waals surface area contributed by atoms with Gasteiger partial charge in [-0.25, -0.2) is 0 Å². The van der Waals surface area contributed by atoms with Crippen LogP contribution in [0.1, 0.15) is 38.1 Å². The van der Waals surface area contributed by atoms with Crippen LogP contribution >= 0.6 is 0 Å². The van der Waals surface area contributed by atoms with Crippen molar-refractivity contribution >= 4 is 0 Å². The van der Waals surface area contributed by atoms with Gasteiger partial charge in [0.25, 0.3) is 0 Å². The van der Waals surface area contributed by atoms with Crippen LogP contribution in [0.25, 0.3) is 0 Å². The van der Waals surface area contributed by atoms with E-state index in [1.165, 1.54) is 44.7 Å². The van der Waals surface area contributed by atoms with Crippen LogP contribution in [-0.2, 0) is 6.54 Å². The maximum absolute atomic E-state index is 4.53. The van der Waals surface area contributed by atoms with E-state index in [0.29, 0.717) is 6.04 Å². The first-order valence-corrected chi connectivity index (χ1v) is 8.01. The van der Waals surface area contributed by atoms with Crippen molar-refractivity contribution in [3.05, 3.63) is 17.5 Å². The Morgan fingerprint density at radius 1 is 1.35 bits per heavy atom. The molecule has 0 bridgehead atoms. The summed E-state index contributed by atoms with van der Waals surface area (Å²) in [6, 6.07) is 2.76. The molecular formula is C16H30N4. The number of aryl methyl sites for hydroxylation is 3. The zero-order valence-corrected chi connectivity index (χ0v) is 13.5. The molecule has 0 amide bonds. The van der Waals surface area contributed by atoms with E-state index in [2.05, 4.69) is 53.8 Å². The summed E-state index contributed by atoms with van der Waals surface area (Å²) in [5, 5.41) is 8.09. The van der Waals surface area contributed by atoms with Crippen molar-refractivity contribution < 1.29 is 0 Å². The lowest BCUT2D eigenvalue weighted by molar-refractivity contribution is 0.305. The maximum atomic E-state index is 4.53. The number of aromatic nitrogens is 2. The Morgan fingerprint density at radius 3 is 2.80 bits per heavy atom. The first-order valence-electron chi connectivity index (χ1n) is 8.01. The molecule has 0 saturated carbocycles. The molecule has 0 radical (unpaired) electrons. The zero-order valence-electron chi connectivity index (χ0n) is 13.5. The lowest BCUT2D eigenvalue weighted by Gasteiger charge is -2.17. The molecule has 20 heavy (non-hydrogen) atoms. The fourth-order valence-electron chi connectivity index (χ4n) is 3.03. The number of nitrogens with zero attached hydrogens (tertiary/aromatic N) is 3. The molecule has 114 valence electrons. The quantitative estimate of drug-likeness (QED) is 0.830. The third-order valence-electron chi connectivity index (χ3n) is 4.13. The van der Waals surface area contributed by atoms with Gasteiger partial charge in [-0.2, -0.15) is 5.10 Å². The number of likely N-dealkylation sites (tertiary alicyclic amines) is 1. The minimum atomic E-state index is 0.607. The second-order valence-electron chi connectivity index (χ2n) is 6.52. The van der Waals surface area contributed by atoms with Crippen LogP contribution in [0, 0.1) is 19.8 Å². The predicted octanol–water partition coefficient (Wildman–Crippen LogP) is 2.21. The topological polar surface area (TPSA) is 33.1 Å². The molecule has 2 rings (SSSR count). The Morgan fingerprint density at radius 2 is 2.15 bits per heavy atom. The number of nitrogens with one attached hydrogen (secondary N) is 1. The zero-order chi connectivity index (χ0) is 14.5. The van der Waals surface area contributed by atoms with Crippen LogP contribution in [0.5, 0.6) is 0 Å². The fraction of sp³-hybridized carbons (Fsp3) is 0.812. The molecule has 1 aromatic rings. The molecule has 1 unspecified atom stereocenters. The van der Waals surface area contributed by atoms with Crippen molar-refractivity contribution in [3.63, 3.8) is 0 Å². The highest BCUT2D eigenvalue weighted by Gasteiger charge is 2.21. The van der Waals surface area contributed by atoms with Crippen molar-refractivity contribution in [2.24, 2.45) is 5.92 Å². The summed E-state index contributed by atoms with van der Waals surface area (Å²) >= 11 is 0. The van der Waals surface area contributed by atoms with Crippen LogP contribution in [0.15, 0.2) is 6.07 Å². The van der Waals surface area contributed by atoms with Gasteiger partial charge in [-0.15, -0.1) is 0 Å². The molecule has 1 N–H and O–H groups in total. The SMILES string of the molecule is Cc1cc(C)n(CCCN2CCC(CNC(C)C)C2)n1. The van der Waals surface area contributed by atoms with Gasteiger partial charge in [0.15, 0.2) is 0 Å². The Labute approximate surface area is 123 Å². The van der Waals surface area contributed by atoms with E-state index in [1.54, 1.807) is 0 Å². The van der Waals surface area contributed by atoms with Gasteiger partial charge in [-0.3, -0.25) is 4.68 Å². The van der Waals surface area contributed by atoms with E-state index >= 15 is 0 Å². The molecule has 1 aromatic heterocycles. The molecule has 1 saturated heterocycles. The second-order valence-corrected chi connectivity index (χ2v) is 6.52. The number of rotatable bonds is 7. The summed E-state index contributed by atoms with van der Waals surface area (Å²) in [6.07, 6.45) is 2.55. The third-order valence-corrected chi connectivity index (χ3v) is 4.13. The average Bonchev–Trinajstić information content (AvgIpc) is 2.94. The van der Waals surface area contributed by atoms with Crippen molar-refractivity contribution in [1.29, 1.82) is 0 Å². The highest BCUT2D eigenvalue weighted by molar-refractivity contribution is 5.06. The molecular weight excluding hydrogens is 248 g/mol. The highest BCUT2D eigenvalue weighted by Crippen LogP contribution is 2.16. The summed E-state index contributed by atoms with van der Waals surface area (Å²) < 4.78 is 2.14. The Hall–Kier alpha value is -0.870.